The fourth-order valence-corrected chi connectivity index (χ4v) is 3.18. The smallest absolute Gasteiger partial charge is 0.326 e. The Bertz CT molecular complexity index is 792. The highest BCUT2D eigenvalue weighted by Crippen LogP contribution is 2.25. The molecule has 0 radical (unpaired) electrons. The monoisotopic (exact) mass is 339 g/mol. The molecule has 2 heterocycles. The Labute approximate surface area is 146 Å². The van der Waals surface area contributed by atoms with Gasteiger partial charge in [0, 0.05) is 18.3 Å². The molecule has 1 saturated heterocycles. The number of amides is 1. The number of hydrogen-bond acceptors (Lipinski definition) is 4. The topological polar surface area (TPSA) is 83.4 Å². The summed E-state index contributed by atoms with van der Waals surface area (Å²) in [5.41, 5.74) is 1.79. The van der Waals surface area contributed by atoms with Crippen LogP contribution in [0, 0.1) is 12.8 Å². The SMILES string of the molecule is Cc1nc(-c2ccccc2)ncc1C(=O)N1CCC(C)CC1C(=O)O. The number of rotatable bonds is 3. The van der Waals surface area contributed by atoms with E-state index in [0.717, 1.165) is 12.0 Å². The van der Waals surface area contributed by atoms with Crippen molar-refractivity contribution in [1.82, 2.24) is 14.9 Å². The first kappa shape index (κ1) is 17.1. The standard InChI is InChI=1S/C19H21N3O3/c1-12-8-9-22(16(10-12)19(24)25)18(23)15-11-20-17(21-13(15)2)14-6-4-3-5-7-14/h3-7,11-12,16H,8-10H2,1-2H3,(H,24,25). The number of carboxylic acid groups (broad SMARTS) is 1. The van der Waals surface area contributed by atoms with Crippen LogP contribution in [0.4, 0.5) is 0 Å². The van der Waals surface area contributed by atoms with Crippen molar-refractivity contribution in [3.8, 4) is 11.4 Å². The Kier molecular flexibility index (Phi) is 4.79. The second-order valence-corrected chi connectivity index (χ2v) is 6.54. The zero-order chi connectivity index (χ0) is 18.0. The third kappa shape index (κ3) is 3.52. The van der Waals surface area contributed by atoms with E-state index in [-0.39, 0.29) is 5.91 Å². The Hall–Kier alpha value is -2.76. The molecule has 0 bridgehead atoms. The molecular formula is C19H21N3O3. The third-order valence-electron chi connectivity index (χ3n) is 4.65. The Morgan fingerprint density at radius 3 is 2.60 bits per heavy atom. The molecular weight excluding hydrogens is 318 g/mol. The Balaban J connectivity index is 1.88. The fraction of sp³-hybridized carbons (Fsp3) is 0.368. The molecule has 2 unspecified atom stereocenters. The maximum absolute atomic E-state index is 12.9. The van der Waals surface area contributed by atoms with Crippen LogP contribution < -0.4 is 0 Å². The van der Waals surface area contributed by atoms with Crippen LogP contribution in [-0.2, 0) is 4.79 Å². The van der Waals surface area contributed by atoms with Gasteiger partial charge in [-0.15, -0.1) is 0 Å². The van der Waals surface area contributed by atoms with Crippen molar-refractivity contribution in [3.05, 3.63) is 47.8 Å². The number of nitrogens with zero attached hydrogens (tertiary/aromatic N) is 3. The highest BCUT2D eigenvalue weighted by molar-refractivity contribution is 5.97. The Morgan fingerprint density at radius 1 is 1.24 bits per heavy atom. The summed E-state index contributed by atoms with van der Waals surface area (Å²) >= 11 is 0. The van der Waals surface area contributed by atoms with Crippen LogP contribution in [-0.4, -0.2) is 44.4 Å². The number of carboxylic acids is 1. The fourth-order valence-electron chi connectivity index (χ4n) is 3.18. The number of benzene rings is 1. The van der Waals surface area contributed by atoms with Gasteiger partial charge in [0.2, 0.25) is 0 Å². The van der Waals surface area contributed by atoms with E-state index in [4.69, 9.17) is 0 Å². The highest BCUT2D eigenvalue weighted by atomic mass is 16.4. The Morgan fingerprint density at radius 2 is 1.96 bits per heavy atom. The second-order valence-electron chi connectivity index (χ2n) is 6.54. The molecule has 6 nitrogen and oxygen atoms in total. The molecule has 1 fully saturated rings. The molecule has 0 spiro atoms. The normalized spacial score (nSPS) is 20.3. The molecule has 130 valence electrons. The molecule has 2 atom stereocenters. The van der Waals surface area contributed by atoms with E-state index >= 15 is 0 Å². The van der Waals surface area contributed by atoms with Crippen LogP contribution in [0.5, 0.6) is 0 Å². The minimum Gasteiger partial charge on any atom is -0.480 e. The van der Waals surface area contributed by atoms with E-state index in [9.17, 15) is 14.7 Å². The van der Waals surface area contributed by atoms with Gasteiger partial charge in [0.05, 0.1) is 11.3 Å². The summed E-state index contributed by atoms with van der Waals surface area (Å²) in [4.78, 5) is 34.6. The van der Waals surface area contributed by atoms with E-state index in [1.54, 1.807) is 6.92 Å². The lowest BCUT2D eigenvalue weighted by Crippen LogP contribution is -2.50. The minimum absolute atomic E-state index is 0.294. The molecule has 1 aromatic heterocycles. The van der Waals surface area contributed by atoms with E-state index in [1.807, 2.05) is 37.3 Å². The van der Waals surface area contributed by atoms with Gasteiger partial charge in [-0.2, -0.15) is 0 Å². The molecule has 25 heavy (non-hydrogen) atoms. The average molecular weight is 339 g/mol. The lowest BCUT2D eigenvalue weighted by atomic mass is 9.92. The van der Waals surface area contributed by atoms with Crippen LogP contribution in [0.3, 0.4) is 0 Å². The molecule has 1 N–H and O–H groups in total. The van der Waals surface area contributed by atoms with Gasteiger partial charge in [0.1, 0.15) is 6.04 Å². The molecule has 1 aromatic carbocycles. The summed E-state index contributed by atoms with van der Waals surface area (Å²) in [6, 6.07) is 8.74. The van der Waals surface area contributed by atoms with Gasteiger partial charge in [0.15, 0.2) is 5.82 Å². The summed E-state index contributed by atoms with van der Waals surface area (Å²) in [6.45, 7) is 4.21. The van der Waals surface area contributed by atoms with E-state index in [2.05, 4.69) is 9.97 Å². The molecule has 2 aromatic rings. The van der Waals surface area contributed by atoms with Crippen molar-refractivity contribution in [1.29, 1.82) is 0 Å². The first-order chi connectivity index (χ1) is 12.0. The number of aliphatic carboxylic acids is 1. The van der Waals surface area contributed by atoms with Crippen molar-refractivity contribution in [3.63, 3.8) is 0 Å². The number of piperidine rings is 1. The van der Waals surface area contributed by atoms with Crippen LogP contribution in [0.1, 0.15) is 35.8 Å². The number of aryl methyl sites for hydroxylation is 1. The zero-order valence-corrected chi connectivity index (χ0v) is 14.3. The molecule has 1 aliphatic heterocycles. The quantitative estimate of drug-likeness (QED) is 0.929. The maximum atomic E-state index is 12.9. The average Bonchev–Trinajstić information content (AvgIpc) is 2.61. The van der Waals surface area contributed by atoms with Gasteiger partial charge in [0.25, 0.3) is 5.91 Å². The van der Waals surface area contributed by atoms with E-state index < -0.39 is 12.0 Å². The molecule has 6 heteroatoms. The number of carbonyl (C=O) groups excluding carboxylic acids is 1. The number of hydrogen-bond donors (Lipinski definition) is 1. The number of aromatic nitrogens is 2. The third-order valence-corrected chi connectivity index (χ3v) is 4.65. The predicted molar refractivity (Wildman–Crippen MR) is 93.1 cm³/mol. The summed E-state index contributed by atoms with van der Waals surface area (Å²) in [5.74, 6) is -0.421. The number of carbonyl (C=O) groups is 2. The van der Waals surface area contributed by atoms with E-state index in [0.29, 0.717) is 36.0 Å². The summed E-state index contributed by atoms with van der Waals surface area (Å²) < 4.78 is 0. The summed E-state index contributed by atoms with van der Waals surface area (Å²) in [7, 11) is 0. The summed E-state index contributed by atoms with van der Waals surface area (Å²) in [5, 5.41) is 9.46. The molecule has 1 amide bonds. The molecule has 0 saturated carbocycles. The molecule has 3 rings (SSSR count). The molecule has 0 aliphatic carbocycles. The van der Waals surface area contributed by atoms with Gasteiger partial charge < -0.3 is 10.0 Å². The van der Waals surface area contributed by atoms with Crippen molar-refractivity contribution in [2.75, 3.05) is 6.54 Å². The minimum atomic E-state index is -0.959. The van der Waals surface area contributed by atoms with Crippen LogP contribution in [0.2, 0.25) is 0 Å². The highest BCUT2D eigenvalue weighted by Gasteiger charge is 2.35. The summed E-state index contributed by atoms with van der Waals surface area (Å²) in [6.07, 6.45) is 2.78. The first-order valence-electron chi connectivity index (χ1n) is 8.40. The first-order valence-corrected chi connectivity index (χ1v) is 8.40. The molecule has 1 aliphatic rings. The van der Waals surface area contributed by atoms with E-state index in [1.165, 1.54) is 11.1 Å². The van der Waals surface area contributed by atoms with Crippen molar-refractivity contribution < 1.29 is 14.7 Å². The second kappa shape index (κ2) is 7.01. The van der Waals surface area contributed by atoms with Crippen molar-refractivity contribution in [2.24, 2.45) is 5.92 Å². The van der Waals surface area contributed by atoms with Gasteiger partial charge in [-0.05, 0) is 25.7 Å². The van der Waals surface area contributed by atoms with Gasteiger partial charge in [-0.1, -0.05) is 37.3 Å². The maximum Gasteiger partial charge on any atom is 0.326 e. The zero-order valence-electron chi connectivity index (χ0n) is 14.3. The van der Waals surface area contributed by atoms with Crippen molar-refractivity contribution in [2.45, 2.75) is 32.7 Å². The lowest BCUT2D eigenvalue weighted by molar-refractivity contribution is -0.144. The van der Waals surface area contributed by atoms with Crippen LogP contribution in [0.25, 0.3) is 11.4 Å². The van der Waals surface area contributed by atoms with Crippen LogP contribution >= 0.6 is 0 Å². The number of likely N-dealkylation sites (tertiary alicyclic amines) is 1. The largest absolute Gasteiger partial charge is 0.480 e. The van der Waals surface area contributed by atoms with Gasteiger partial charge in [-0.3, -0.25) is 4.79 Å². The van der Waals surface area contributed by atoms with Gasteiger partial charge >= 0.3 is 5.97 Å². The van der Waals surface area contributed by atoms with Crippen molar-refractivity contribution >= 4 is 11.9 Å². The lowest BCUT2D eigenvalue weighted by Gasteiger charge is -2.36. The van der Waals surface area contributed by atoms with Crippen LogP contribution in [0.15, 0.2) is 36.5 Å². The van der Waals surface area contributed by atoms with Gasteiger partial charge in [-0.25, -0.2) is 14.8 Å². The predicted octanol–water partition coefficient (Wildman–Crippen LogP) is 2.78.